The Morgan fingerprint density at radius 3 is 2.81 bits per heavy atom. The summed E-state index contributed by atoms with van der Waals surface area (Å²) in [4.78, 5) is 12.1. The molecule has 1 amide bonds. The van der Waals surface area contributed by atoms with Gasteiger partial charge in [-0.05, 0) is 47.5 Å². The van der Waals surface area contributed by atoms with E-state index in [0.717, 1.165) is 22.6 Å². The fraction of sp³-hybridized carbons (Fsp3) is 0.263. The molecule has 1 heterocycles. The second-order valence-corrected chi connectivity index (χ2v) is 5.97. The maximum Gasteiger partial charge on any atom is 0.224 e. The summed E-state index contributed by atoms with van der Waals surface area (Å²) in [5.74, 6) is 1.46. The molecule has 2 aromatic carbocycles. The largest absolute Gasteiger partial charge is 0.493 e. The minimum absolute atomic E-state index is 0.0494. The summed E-state index contributed by atoms with van der Waals surface area (Å²) < 4.78 is 7.30. The van der Waals surface area contributed by atoms with Gasteiger partial charge < -0.3 is 10.1 Å². The van der Waals surface area contributed by atoms with E-state index in [2.05, 4.69) is 20.8 Å². The van der Waals surface area contributed by atoms with Crippen LogP contribution in [0, 0.1) is 6.92 Å². The Morgan fingerprint density at radius 1 is 1.19 bits per heavy atom. The summed E-state index contributed by atoms with van der Waals surface area (Å²) in [6.45, 7) is 2.50. The number of aromatic nitrogens is 4. The molecule has 0 spiro atoms. The molecule has 0 atom stereocenters. The van der Waals surface area contributed by atoms with Gasteiger partial charge in [-0.3, -0.25) is 4.79 Å². The number of nitrogens with zero attached hydrogens (tertiary/aromatic N) is 4. The lowest BCUT2D eigenvalue weighted by atomic mass is 10.2. The van der Waals surface area contributed by atoms with Gasteiger partial charge in [-0.25, -0.2) is 4.68 Å². The third-order valence-corrected chi connectivity index (χ3v) is 3.92. The van der Waals surface area contributed by atoms with Crippen LogP contribution in [0.15, 0.2) is 48.5 Å². The van der Waals surface area contributed by atoms with Crippen molar-refractivity contribution in [2.45, 2.75) is 19.8 Å². The first-order chi connectivity index (χ1) is 12.6. The molecule has 26 heavy (non-hydrogen) atoms. The number of nitrogens with one attached hydrogen (secondary N) is 1. The summed E-state index contributed by atoms with van der Waals surface area (Å²) in [5.41, 5.74) is 2.65. The van der Waals surface area contributed by atoms with E-state index >= 15 is 0 Å². The molecule has 0 aliphatic rings. The molecule has 0 bridgehead atoms. The van der Waals surface area contributed by atoms with Gasteiger partial charge in [0.15, 0.2) is 5.82 Å². The molecule has 3 rings (SSSR count). The van der Waals surface area contributed by atoms with Crippen molar-refractivity contribution >= 4 is 11.6 Å². The topological polar surface area (TPSA) is 81.9 Å². The van der Waals surface area contributed by atoms with Crippen molar-refractivity contribution in [2.75, 3.05) is 11.9 Å². The van der Waals surface area contributed by atoms with Gasteiger partial charge in [0.05, 0.1) is 6.61 Å². The van der Waals surface area contributed by atoms with E-state index in [1.54, 1.807) is 11.7 Å². The van der Waals surface area contributed by atoms with Gasteiger partial charge >= 0.3 is 0 Å². The molecule has 0 saturated carbocycles. The second kappa shape index (κ2) is 8.24. The van der Waals surface area contributed by atoms with Crippen LogP contribution in [0.5, 0.6) is 5.75 Å². The summed E-state index contributed by atoms with van der Waals surface area (Å²) in [6, 6.07) is 15.3. The molecule has 7 heteroatoms. The number of benzene rings is 2. The highest BCUT2D eigenvalue weighted by Crippen LogP contribution is 2.20. The number of hydrogen-bond donors (Lipinski definition) is 1. The van der Waals surface area contributed by atoms with Crippen molar-refractivity contribution < 1.29 is 9.53 Å². The maximum absolute atomic E-state index is 12.1. The van der Waals surface area contributed by atoms with Crippen LogP contribution in [-0.2, 0) is 11.8 Å². The Morgan fingerprint density at radius 2 is 2.04 bits per heavy atom. The smallest absolute Gasteiger partial charge is 0.224 e. The average molecular weight is 351 g/mol. The molecule has 134 valence electrons. The summed E-state index contributed by atoms with van der Waals surface area (Å²) in [7, 11) is 1.77. The highest BCUT2D eigenvalue weighted by molar-refractivity contribution is 5.91. The van der Waals surface area contributed by atoms with Gasteiger partial charge in [0.1, 0.15) is 5.75 Å². The molecule has 1 aromatic heterocycles. The van der Waals surface area contributed by atoms with Crippen LogP contribution in [0.3, 0.4) is 0 Å². The first kappa shape index (κ1) is 17.6. The van der Waals surface area contributed by atoms with Crippen LogP contribution < -0.4 is 10.1 Å². The number of para-hydroxylation sites is 1. The van der Waals surface area contributed by atoms with Crippen molar-refractivity contribution in [1.82, 2.24) is 20.2 Å². The SMILES string of the molecule is Cc1ccccc1OCCCC(=O)Nc1cccc(-c2nnnn2C)c1. The first-order valence-electron chi connectivity index (χ1n) is 8.44. The van der Waals surface area contributed by atoms with Crippen molar-refractivity contribution in [3.05, 3.63) is 54.1 Å². The average Bonchev–Trinajstić information content (AvgIpc) is 3.06. The molecule has 0 radical (unpaired) electrons. The predicted molar refractivity (Wildman–Crippen MR) is 98.8 cm³/mol. The van der Waals surface area contributed by atoms with E-state index in [4.69, 9.17) is 4.74 Å². The van der Waals surface area contributed by atoms with Gasteiger partial charge in [-0.1, -0.05) is 30.3 Å². The highest BCUT2D eigenvalue weighted by Gasteiger charge is 2.08. The zero-order valence-corrected chi connectivity index (χ0v) is 14.8. The van der Waals surface area contributed by atoms with Crippen molar-refractivity contribution in [3.63, 3.8) is 0 Å². The van der Waals surface area contributed by atoms with Gasteiger partial charge in [0, 0.05) is 24.7 Å². The number of ether oxygens (including phenoxy) is 1. The number of aryl methyl sites for hydroxylation is 2. The number of carbonyl (C=O) groups is 1. The number of tetrazole rings is 1. The number of rotatable bonds is 7. The van der Waals surface area contributed by atoms with Crippen LogP contribution in [0.4, 0.5) is 5.69 Å². The van der Waals surface area contributed by atoms with Crippen molar-refractivity contribution in [1.29, 1.82) is 0 Å². The Hall–Kier alpha value is -3.22. The quantitative estimate of drug-likeness (QED) is 0.662. The molecule has 1 N–H and O–H groups in total. The Balaban J connectivity index is 1.49. The second-order valence-electron chi connectivity index (χ2n) is 5.97. The van der Waals surface area contributed by atoms with E-state index in [-0.39, 0.29) is 5.91 Å². The fourth-order valence-electron chi connectivity index (χ4n) is 2.57. The molecule has 0 saturated heterocycles. The lowest BCUT2D eigenvalue weighted by molar-refractivity contribution is -0.116. The van der Waals surface area contributed by atoms with Crippen molar-refractivity contribution in [2.24, 2.45) is 7.05 Å². The Labute approximate surface area is 152 Å². The Bertz CT molecular complexity index is 891. The third kappa shape index (κ3) is 4.44. The lowest BCUT2D eigenvalue weighted by Crippen LogP contribution is -2.13. The van der Waals surface area contributed by atoms with Crippen LogP contribution in [0.25, 0.3) is 11.4 Å². The summed E-state index contributed by atoms with van der Waals surface area (Å²) >= 11 is 0. The lowest BCUT2D eigenvalue weighted by Gasteiger charge is -2.09. The minimum Gasteiger partial charge on any atom is -0.493 e. The van der Waals surface area contributed by atoms with Crippen LogP contribution in [-0.4, -0.2) is 32.7 Å². The van der Waals surface area contributed by atoms with Gasteiger partial charge in [-0.15, -0.1) is 5.10 Å². The van der Waals surface area contributed by atoms with Gasteiger partial charge in [-0.2, -0.15) is 0 Å². The predicted octanol–water partition coefficient (Wildman–Crippen LogP) is 2.98. The molecule has 3 aromatic rings. The molecule has 0 unspecified atom stereocenters. The molecule has 7 nitrogen and oxygen atoms in total. The summed E-state index contributed by atoms with van der Waals surface area (Å²) in [5, 5.41) is 14.3. The van der Waals surface area contributed by atoms with E-state index < -0.39 is 0 Å². The van der Waals surface area contributed by atoms with Gasteiger partial charge in [0.25, 0.3) is 0 Å². The zero-order valence-electron chi connectivity index (χ0n) is 14.8. The standard InChI is InChI=1S/C19H21N5O2/c1-14-7-3-4-10-17(14)26-12-6-11-18(25)20-16-9-5-8-15(13-16)19-21-22-23-24(19)2/h3-5,7-10,13H,6,11-12H2,1-2H3,(H,20,25). The number of amides is 1. The third-order valence-electron chi connectivity index (χ3n) is 3.92. The van der Waals surface area contributed by atoms with Crippen LogP contribution in [0.1, 0.15) is 18.4 Å². The molecule has 0 fully saturated rings. The fourth-order valence-corrected chi connectivity index (χ4v) is 2.57. The van der Waals surface area contributed by atoms with Crippen LogP contribution >= 0.6 is 0 Å². The van der Waals surface area contributed by atoms with Crippen LogP contribution in [0.2, 0.25) is 0 Å². The van der Waals surface area contributed by atoms with E-state index in [1.807, 2.05) is 55.5 Å². The van der Waals surface area contributed by atoms with Gasteiger partial charge in [0.2, 0.25) is 5.91 Å². The Kier molecular flexibility index (Phi) is 5.58. The van der Waals surface area contributed by atoms with E-state index in [1.165, 1.54) is 0 Å². The van der Waals surface area contributed by atoms with E-state index in [9.17, 15) is 4.79 Å². The zero-order chi connectivity index (χ0) is 18.4. The normalized spacial score (nSPS) is 10.5. The maximum atomic E-state index is 12.1. The molecular formula is C19H21N5O2. The molecular weight excluding hydrogens is 330 g/mol. The number of hydrogen-bond acceptors (Lipinski definition) is 5. The number of anilines is 1. The first-order valence-corrected chi connectivity index (χ1v) is 8.44. The number of carbonyl (C=O) groups excluding carboxylic acids is 1. The summed E-state index contributed by atoms with van der Waals surface area (Å²) in [6.07, 6.45) is 1.04. The van der Waals surface area contributed by atoms with E-state index in [0.29, 0.717) is 25.3 Å². The van der Waals surface area contributed by atoms with Crippen molar-refractivity contribution in [3.8, 4) is 17.1 Å². The highest BCUT2D eigenvalue weighted by atomic mass is 16.5. The molecule has 0 aliphatic carbocycles. The minimum atomic E-state index is -0.0494. The monoisotopic (exact) mass is 351 g/mol. The molecule has 0 aliphatic heterocycles.